The van der Waals surface area contributed by atoms with Crippen LogP contribution in [0.1, 0.15) is 56.1 Å². The molecule has 8 heteroatoms. The zero-order valence-corrected chi connectivity index (χ0v) is 24.8. The summed E-state index contributed by atoms with van der Waals surface area (Å²) in [4.78, 5) is 19.2. The summed E-state index contributed by atoms with van der Waals surface area (Å²) in [5.41, 5.74) is 10.9. The summed E-state index contributed by atoms with van der Waals surface area (Å²) in [6, 6.07) is 16.3. The first kappa shape index (κ1) is 29.5. The quantitative estimate of drug-likeness (QED) is 0.224. The van der Waals surface area contributed by atoms with Crippen molar-refractivity contribution < 1.29 is 14.3 Å². The van der Waals surface area contributed by atoms with Gasteiger partial charge in [-0.25, -0.2) is 0 Å². The topological polar surface area (TPSA) is 102 Å². The number of aromatic nitrogens is 1. The summed E-state index contributed by atoms with van der Waals surface area (Å²) in [6.07, 6.45) is 10.4. The second-order valence-electron chi connectivity index (χ2n) is 11.5. The molecule has 0 radical (unpaired) electrons. The van der Waals surface area contributed by atoms with Gasteiger partial charge < -0.3 is 30.7 Å². The molecule has 8 nitrogen and oxygen atoms in total. The minimum absolute atomic E-state index is 0.268. The lowest BCUT2D eigenvalue weighted by molar-refractivity contribution is -0.111. The van der Waals surface area contributed by atoms with Gasteiger partial charge in [0.1, 0.15) is 23.0 Å². The van der Waals surface area contributed by atoms with Gasteiger partial charge in [-0.1, -0.05) is 31.6 Å². The highest BCUT2D eigenvalue weighted by molar-refractivity contribution is 5.99. The van der Waals surface area contributed by atoms with Crippen LogP contribution in [0.5, 0.6) is 17.4 Å². The minimum Gasteiger partial charge on any atom is -0.495 e. The molecule has 5 rings (SSSR count). The fourth-order valence-electron chi connectivity index (χ4n) is 6.00. The SMILES string of the molecule is C=CC(=O)Nc1cc(Oc2nc(Nc3ccc(CC4CCCC(N)C4)cc3OC)ccc2N2CCCCC2)ccc1C. The number of anilines is 4. The van der Waals surface area contributed by atoms with Crippen LogP contribution in [-0.2, 0) is 11.2 Å². The van der Waals surface area contributed by atoms with Gasteiger partial charge in [-0.05, 0) is 98.9 Å². The molecule has 1 aliphatic carbocycles. The van der Waals surface area contributed by atoms with Crippen molar-refractivity contribution in [2.24, 2.45) is 11.7 Å². The Morgan fingerprint density at radius 3 is 2.67 bits per heavy atom. The summed E-state index contributed by atoms with van der Waals surface area (Å²) >= 11 is 0. The zero-order valence-electron chi connectivity index (χ0n) is 24.8. The number of nitrogens with two attached hydrogens (primary N) is 1. The molecule has 1 aliphatic heterocycles. The lowest BCUT2D eigenvalue weighted by Gasteiger charge is -2.30. The number of aryl methyl sites for hydroxylation is 1. The van der Waals surface area contributed by atoms with E-state index in [1.54, 1.807) is 7.11 Å². The maximum atomic E-state index is 12.0. The second-order valence-corrected chi connectivity index (χ2v) is 11.5. The van der Waals surface area contributed by atoms with Crippen LogP contribution in [0.25, 0.3) is 0 Å². The van der Waals surface area contributed by atoms with Crippen molar-refractivity contribution in [2.75, 3.05) is 35.7 Å². The van der Waals surface area contributed by atoms with Gasteiger partial charge >= 0.3 is 0 Å². The molecule has 1 amide bonds. The van der Waals surface area contributed by atoms with E-state index in [1.807, 2.05) is 31.2 Å². The number of methoxy groups -OCH3 is 1. The summed E-state index contributed by atoms with van der Waals surface area (Å²) in [5, 5.41) is 6.30. The van der Waals surface area contributed by atoms with Crippen LogP contribution in [0.2, 0.25) is 0 Å². The van der Waals surface area contributed by atoms with E-state index in [0.717, 1.165) is 67.9 Å². The standard InChI is InChI=1S/C34H43N5O3/c1-4-33(40)37-29-22-27(13-11-23(29)2)42-34-30(39-17-6-5-7-18-39)15-16-32(38-34)36-28-14-12-25(21-31(28)41-3)19-24-9-8-10-26(35)20-24/h4,11-16,21-22,24,26H,1,5-10,17-20,35H2,2-3H3,(H,36,38)(H,37,40). The Labute approximate surface area is 249 Å². The van der Waals surface area contributed by atoms with Gasteiger partial charge in [0, 0.05) is 30.9 Å². The molecular weight excluding hydrogens is 526 g/mol. The fraction of sp³-hybridized carbons (Fsp3) is 0.412. The van der Waals surface area contributed by atoms with Crippen LogP contribution in [0.4, 0.5) is 22.9 Å². The Hall–Kier alpha value is -4.04. The van der Waals surface area contributed by atoms with E-state index in [9.17, 15) is 4.79 Å². The third-order valence-electron chi connectivity index (χ3n) is 8.28. The first-order chi connectivity index (χ1) is 20.4. The Morgan fingerprint density at radius 1 is 1.07 bits per heavy atom. The second kappa shape index (κ2) is 13.7. The highest BCUT2D eigenvalue weighted by Crippen LogP contribution is 2.37. The number of benzene rings is 2. The fourth-order valence-corrected chi connectivity index (χ4v) is 6.00. The van der Waals surface area contributed by atoms with Crippen molar-refractivity contribution in [3.63, 3.8) is 0 Å². The molecule has 42 heavy (non-hydrogen) atoms. The lowest BCUT2D eigenvalue weighted by atomic mass is 9.82. The number of pyridine rings is 1. The summed E-state index contributed by atoms with van der Waals surface area (Å²) in [5.74, 6) is 2.88. The molecule has 2 unspecified atom stereocenters. The highest BCUT2D eigenvalue weighted by atomic mass is 16.5. The number of nitrogens with zero attached hydrogens (tertiary/aromatic N) is 2. The van der Waals surface area contributed by atoms with Crippen LogP contribution in [-0.4, -0.2) is 37.1 Å². The van der Waals surface area contributed by atoms with Crippen molar-refractivity contribution in [3.8, 4) is 17.4 Å². The Balaban J connectivity index is 1.39. The average Bonchev–Trinajstić information content (AvgIpc) is 3.00. The highest BCUT2D eigenvalue weighted by Gasteiger charge is 2.21. The maximum Gasteiger partial charge on any atom is 0.247 e. The van der Waals surface area contributed by atoms with Crippen LogP contribution in [0, 0.1) is 12.8 Å². The molecule has 2 aliphatic rings. The van der Waals surface area contributed by atoms with Gasteiger partial charge in [-0.2, -0.15) is 4.98 Å². The number of hydrogen-bond acceptors (Lipinski definition) is 7. The van der Waals surface area contributed by atoms with Gasteiger partial charge in [-0.15, -0.1) is 0 Å². The van der Waals surface area contributed by atoms with E-state index in [1.165, 1.54) is 30.9 Å². The van der Waals surface area contributed by atoms with E-state index < -0.39 is 0 Å². The molecular formula is C34H43N5O3. The molecule has 4 N–H and O–H groups in total. The van der Waals surface area contributed by atoms with Gasteiger partial charge in [0.05, 0.1) is 12.8 Å². The van der Waals surface area contributed by atoms with Gasteiger partial charge in [0.15, 0.2) is 0 Å². The minimum atomic E-state index is -0.268. The Morgan fingerprint density at radius 2 is 1.90 bits per heavy atom. The van der Waals surface area contributed by atoms with Gasteiger partial charge in [0.25, 0.3) is 0 Å². The molecule has 2 atom stereocenters. The van der Waals surface area contributed by atoms with Crippen molar-refractivity contribution in [2.45, 2.75) is 64.3 Å². The van der Waals surface area contributed by atoms with Crippen LogP contribution >= 0.6 is 0 Å². The molecule has 1 aromatic heterocycles. The van der Waals surface area contributed by atoms with Crippen LogP contribution in [0.3, 0.4) is 0 Å². The van der Waals surface area contributed by atoms with E-state index in [4.69, 9.17) is 20.2 Å². The monoisotopic (exact) mass is 569 g/mol. The number of ether oxygens (including phenoxy) is 2. The van der Waals surface area contributed by atoms with E-state index >= 15 is 0 Å². The first-order valence-corrected chi connectivity index (χ1v) is 15.1. The number of hydrogen-bond donors (Lipinski definition) is 3. The predicted molar refractivity (Wildman–Crippen MR) is 170 cm³/mol. The van der Waals surface area contributed by atoms with Gasteiger partial charge in [0.2, 0.25) is 11.8 Å². The van der Waals surface area contributed by atoms with Crippen molar-refractivity contribution in [1.29, 1.82) is 0 Å². The van der Waals surface area contributed by atoms with Crippen LogP contribution in [0.15, 0.2) is 61.2 Å². The number of nitrogens with one attached hydrogen (secondary N) is 2. The van der Waals surface area contributed by atoms with Crippen LogP contribution < -0.4 is 30.7 Å². The molecule has 2 heterocycles. The number of amides is 1. The van der Waals surface area contributed by atoms with E-state index in [0.29, 0.717) is 35.1 Å². The smallest absolute Gasteiger partial charge is 0.247 e. The first-order valence-electron chi connectivity index (χ1n) is 15.1. The molecule has 1 saturated carbocycles. The average molecular weight is 570 g/mol. The lowest BCUT2D eigenvalue weighted by Crippen LogP contribution is -2.29. The number of carbonyl (C=O) groups excluding carboxylic acids is 1. The van der Waals surface area contributed by atoms with Crippen molar-refractivity contribution in [1.82, 2.24) is 4.98 Å². The molecule has 2 aromatic carbocycles. The van der Waals surface area contributed by atoms with Crippen molar-refractivity contribution in [3.05, 3.63) is 72.3 Å². The largest absolute Gasteiger partial charge is 0.495 e. The Kier molecular flexibility index (Phi) is 9.64. The number of carbonyl (C=O) groups is 1. The molecule has 2 fully saturated rings. The van der Waals surface area contributed by atoms with Gasteiger partial charge in [-0.3, -0.25) is 4.79 Å². The van der Waals surface area contributed by atoms with E-state index in [2.05, 4.69) is 46.4 Å². The Bertz CT molecular complexity index is 1400. The number of piperidine rings is 1. The summed E-state index contributed by atoms with van der Waals surface area (Å²) < 4.78 is 12.2. The molecule has 3 aromatic rings. The third-order valence-corrected chi connectivity index (χ3v) is 8.28. The van der Waals surface area contributed by atoms with Crippen molar-refractivity contribution >= 4 is 28.8 Å². The normalized spacial score (nSPS) is 18.7. The number of rotatable bonds is 10. The third kappa shape index (κ3) is 7.42. The van der Waals surface area contributed by atoms with E-state index in [-0.39, 0.29) is 5.91 Å². The molecule has 1 saturated heterocycles. The molecule has 0 spiro atoms. The molecule has 0 bridgehead atoms. The zero-order chi connectivity index (χ0) is 29.5. The maximum absolute atomic E-state index is 12.0. The molecule has 222 valence electrons. The predicted octanol–water partition coefficient (Wildman–Crippen LogP) is 7.11. The summed E-state index contributed by atoms with van der Waals surface area (Å²) in [7, 11) is 1.70. The summed E-state index contributed by atoms with van der Waals surface area (Å²) in [6.45, 7) is 7.41.